The molecule has 4 rings (SSSR count). The highest BCUT2D eigenvalue weighted by atomic mass is 35.5. The van der Waals surface area contributed by atoms with E-state index in [9.17, 15) is 19.5 Å². The number of aliphatic hydroxyl groups is 1. The van der Waals surface area contributed by atoms with E-state index < -0.39 is 53.7 Å². The van der Waals surface area contributed by atoms with E-state index in [1.807, 2.05) is 26.0 Å². The standard InChI is InChI=1S/C30H39ClN2O9/c1-16-9-8-10-23(39-7)30(37)15-22(41-28(36)32-30)17(2)27-29(4,42-27)24(40-18(3)34)14-25(35)33(5)20-12-19(11-16)13-21(38-6)26(20)31/h8-10,12-13,17,22-24,27,37H,11,14-15H2,1-7H3,(H,32,36)/b10-8+,16-9+/t17-,22+,23-,24+,27?,29+,30+/m1/s1. The van der Waals surface area contributed by atoms with Crippen LogP contribution in [0.3, 0.4) is 0 Å². The van der Waals surface area contributed by atoms with Gasteiger partial charge in [-0.15, -0.1) is 0 Å². The molecule has 2 N–H and O–H groups in total. The quantitative estimate of drug-likeness (QED) is 0.390. The van der Waals surface area contributed by atoms with Crippen LogP contribution >= 0.6 is 11.6 Å². The largest absolute Gasteiger partial charge is 0.495 e. The fraction of sp³-hybridized carbons (Fsp3) is 0.567. The highest BCUT2D eigenvalue weighted by Crippen LogP contribution is 2.49. The molecule has 0 saturated carbocycles. The summed E-state index contributed by atoms with van der Waals surface area (Å²) in [4.78, 5) is 39.7. The number of allylic oxidation sites excluding steroid dienone is 3. The van der Waals surface area contributed by atoms with Gasteiger partial charge >= 0.3 is 12.1 Å². The number of epoxide rings is 1. The molecule has 0 aliphatic carbocycles. The monoisotopic (exact) mass is 606 g/mol. The third-order valence-corrected chi connectivity index (χ3v) is 8.64. The number of anilines is 1. The second kappa shape index (κ2) is 12.2. The number of alkyl carbamates (subject to hydrolysis) is 1. The van der Waals surface area contributed by atoms with Gasteiger partial charge in [-0.1, -0.05) is 42.3 Å². The molecule has 2 fully saturated rings. The third kappa shape index (κ3) is 6.44. The molecule has 0 radical (unpaired) electrons. The number of hydrogen-bond donors (Lipinski definition) is 2. The molecule has 3 heterocycles. The van der Waals surface area contributed by atoms with E-state index in [0.717, 1.165) is 11.1 Å². The Hall–Kier alpha value is -3.12. The van der Waals surface area contributed by atoms with Crippen LogP contribution in [-0.4, -0.2) is 80.1 Å². The van der Waals surface area contributed by atoms with Crippen molar-refractivity contribution in [3.8, 4) is 5.75 Å². The van der Waals surface area contributed by atoms with Crippen LogP contribution < -0.4 is 15.0 Å². The predicted molar refractivity (Wildman–Crippen MR) is 154 cm³/mol. The normalized spacial score (nSPS) is 35.6. The number of ether oxygens (including phenoxy) is 5. The Morgan fingerprint density at radius 1 is 1.26 bits per heavy atom. The molecule has 42 heavy (non-hydrogen) atoms. The van der Waals surface area contributed by atoms with Gasteiger partial charge in [0.15, 0.2) is 5.72 Å². The molecule has 2 saturated heterocycles. The summed E-state index contributed by atoms with van der Waals surface area (Å²) in [5.74, 6) is -0.951. The minimum absolute atomic E-state index is 0.00538. The lowest BCUT2D eigenvalue weighted by molar-refractivity contribution is -0.151. The molecule has 1 aromatic carbocycles. The summed E-state index contributed by atoms with van der Waals surface area (Å²) in [5.41, 5.74) is -0.570. The van der Waals surface area contributed by atoms with Gasteiger partial charge in [-0.05, 0) is 38.0 Å². The molecular weight excluding hydrogens is 568 g/mol. The van der Waals surface area contributed by atoms with Crippen molar-refractivity contribution in [1.82, 2.24) is 5.32 Å². The molecule has 7 atom stereocenters. The van der Waals surface area contributed by atoms with Gasteiger partial charge < -0.3 is 33.7 Å². The summed E-state index contributed by atoms with van der Waals surface area (Å²) >= 11 is 6.64. The number of benzene rings is 1. The first-order valence-corrected chi connectivity index (χ1v) is 14.2. The molecule has 1 unspecified atom stereocenters. The fourth-order valence-corrected chi connectivity index (χ4v) is 6.12. The van der Waals surface area contributed by atoms with E-state index in [-0.39, 0.29) is 23.8 Å². The summed E-state index contributed by atoms with van der Waals surface area (Å²) in [5, 5.41) is 14.3. The molecule has 11 nitrogen and oxygen atoms in total. The molecule has 4 bridgehead atoms. The van der Waals surface area contributed by atoms with Crippen LogP contribution in [0.15, 0.2) is 35.9 Å². The third-order valence-electron chi connectivity index (χ3n) is 8.26. The van der Waals surface area contributed by atoms with Crippen LogP contribution in [0.25, 0.3) is 0 Å². The Kier molecular flexibility index (Phi) is 9.27. The van der Waals surface area contributed by atoms with E-state index in [2.05, 4.69) is 5.32 Å². The van der Waals surface area contributed by atoms with Gasteiger partial charge in [0.1, 0.15) is 34.7 Å². The van der Waals surface area contributed by atoms with Crippen molar-refractivity contribution >= 4 is 35.3 Å². The summed E-state index contributed by atoms with van der Waals surface area (Å²) in [6.07, 6.45) is 1.67. The zero-order valence-corrected chi connectivity index (χ0v) is 25.7. The first-order valence-electron chi connectivity index (χ1n) is 13.8. The number of halogens is 1. The van der Waals surface area contributed by atoms with E-state index in [1.54, 1.807) is 32.2 Å². The van der Waals surface area contributed by atoms with Gasteiger partial charge in [0.2, 0.25) is 5.91 Å². The predicted octanol–water partition coefficient (Wildman–Crippen LogP) is 3.69. The SMILES string of the molecule is COc1cc2cc(c1Cl)N(C)C(=O)C[C@H](OC(C)=O)[C@]1(C)OC1[C@H](C)[C@@H]1C[C@@](O)(NC(=O)O1)[C@H](OC)/C=C/C=C(\C)C2. The lowest BCUT2D eigenvalue weighted by Gasteiger charge is -2.42. The smallest absolute Gasteiger partial charge is 0.409 e. The van der Waals surface area contributed by atoms with Crippen molar-refractivity contribution in [2.24, 2.45) is 5.92 Å². The number of carbonyl (C=O) groups excluding carboxylic acids is 3. The Morgan fingerprint density at radius 3 is 2.62 bits per heavy atom. The maximum absolute atomic E-state index is 13.6. The van der Waals surface area contributed by atoms with Crippen LogP contribution in [0.4, 0.5) is 10.5 Å². The van der Waals surface area contributed by atoms with E-state index >= 15 is 0 Å². The average Bonchev–Trinajstić information content (AvgIpc) is 3.61. The van der Waals surface area contributed by atoms with Gasteiger partial charge in [-0.2, -0.15) is 0 Å². The van der Waals surface area contributed by atoms with Crippen LogP contribution in [0.5, 0.6) is 5.75 Å². The van der Waals surface area contributed by atoms with Crippen molar-refractivity contribution in [3.63, 3.8) is 0 Å². The van der Waals surface area contributed by atoms with E-state index in [1.165, 1.54) is 26.0 Å². The summed E-state index contributed by atoms with van der Waals surface area (Å²) in [7, 11) is 4.54. The molecule has 3 aliphatic heterocycles. The van der Waals surface area contributed by atoms with Crippen molar-refractivity contribution < 1.29 is 43.2 Å². The molecule has 0 aromatic heterocycles. The van der Waals surface area contributed by atoms with Crippen molar-refractivity contribution in [2.45, 2.75) is 82.7 Å². The minimum atomic E-state index is -1.76. The number of fused-ring (bicyclic) bond motifs is 5. The number of rotatable bonds is 3. The molecular formula is C30H39ClN2O9. The molecule has 0 spiro atoms. The Labute approximate surface area is 250 Å². The molecule has 12 heteroatoms. The highest BCUT2D eigenvalue weighted by molar-refractivity contribution is 6.35. The lowest BCUT2D eigenvalue weighted by Crippen LogP contribution is -2.63. The zero-order valence-electron chi connectivity index (χ0n) is 24.9. The second-order valence-electron chi connectivity index (χ2n) is 11.4. The Balaban J connectivity index is 1.79. The second-order valence-corrected chi connectivity index (χ2v) is 11.8. The van der Waals surface area contributed by atoms with Crippen molar-refractivity contribution in [3.05, 3.63) is 46.5 Å². The van der Waals surface area contributed by atoms with Gasteiger partial charge in [-0.3, -0.25) is 14.9 Å². The Bertz CT molecular complexity index is 1300. The highest BCUT2D eigenvalue weighted by Gasteiger charge is 2.64. The fourth-order valence-electron chi connectivity index (χ4n) is 5.81. The van der Waals surface area contributed by atoms with Crippen LogP contribution in [-0.2, 0) is 35.0 Å². The molecule has 230 valence electrons. The zero-order chi connectivity index (χ0) is 31.0. The molecule has 3 aliphatic rings. The molecule has 1 aromatic rings. The number of esters is 1. The van der Waals surface area contributed by atoms with E-state index in [4.69, 9.17) is 35.3 Å². The van der Waals surface area contributed by atoms with Crippen molar-refractivity contribution in [1.29, 1.82) is 0 Å². The number of carbonyl (C=O) groups is 3. The van der Waals surface area contributed by atoms with Gasteiger partial charge in [0.05, 0.1) is 25.3 Å². The summed E-state index contributed by atoms with van der Waals surface area (Å²) in [6.45, 7) is 6.77. The molecule has 2 amide bonds. The van der Waals surface area contributed by atoms with E-state index in [0.29, 0.717) is 17.9 Å². The summed E-state index contributed by atoms with van der Waals surface area (Å²) in [6, 6.07) is 3.62. The maximum atomic E-state index is 13.6. The van der Waals surface area contributed by atoms with Gasteiger partial charge in [-0.25, -0.2) is 4.79 Å². The van der Waals surface area contributed by atoms with Gasteiger partial charge in [0.25, 0.3) is 0 Å². The van der Waals surface area contributed by atoms with Crippen LogP contribution in [0.2, 0.25) is 5.02 Å². The average molecular weight is 607 g/mol. The number of nitrogens with one attached hydrogen (secondary N) is 1. The number of methoxy groups -OCH3 is 2. The van der Waals surface area contributed by atoms with Crippen LogP contribution in [0, 0.1) is 5.92 Å². The number of hydrogen-bond acceptors (Lipinski definition) is 9. The lowest BCUT2D eigenvalue weighted by atomic mass is 9.83. The summed E-state index contributed by atoms with van der Waals surface area (Å²) < 4.78 is 28.4. The maximum Gasteiger partial charge on any atom is 0.409 e. The van der Waals surface area contributed by atoms with Crippen molar-refractivity contribution in [2.75, 3.05) is 26.2 Å². The first kappa shape index (κ1) is 31.8. The topological polar surface area (TPSA) is 136 Å². The number of nitrogens with zero attached hydrogens (tertiary/aromatic N) is 1. The van der Waals surface area contributed by atoms with Gasteiger partial charge in [0, 0.05) is 33.4 Å². The number of amides is 2. The first-order chi connectivity index (χ1) is 19.7. The Morgan fingerprint density at radius 2 is 1.98 bits per heavy atom. The minimum Gasteiger partial charge on any atom is -0.495 e. The van der Waals surface area contributed by atoms with Crippen LogP contribution in [0.1, 0.15) is 46.1 Å².